The molecule has 4 heteroatoms. The molecule has 3 nitrogen and oxygen atoms in total. The van der Waals surface area contributed by atoms with Crippen LogP contribution in [0.2, 0.25) is 5.02 Å². The lowest BCUT2D eigenvalue weighted by atomic mass is 9.86. The van der Waals surface area contributed by atoms with E-state index < -0.39 is 0 Å². The molecular weight excluding hydrogens is 334 g/mol. The highest BCUT2D eigenvalue weighted by Gasteiger charge is 2.14. The van der Waals surface area contributed by atoms with Crippen molar-refractivity contribution in [2.45, 2.75) is 45.6 Å². The molecule has 0 unspecified atom stereocenters. The van der Waals surface area contributed by atoms with E-state index in [0.29, 0.717) is 17.1 Å². The monoisotopic (exact) mass is 357 g/mol. The topological polar surface area (TPSA) is 46.2 Å². The molecule has 0 spiro atoms. The first-order chi connectivity index (χ1) is 11.8. The predicted molar refractivity (Wildman–Crippen MR) is 102 cm³/mol. The zero-order chi connectivity index (χ0) is 18.4. The van der Waals surface area contributed by atoms with Crippen LogP contribution in [-0.4, -0.2) is 11.7 Å². The van der Waals surface area contributed by atoms with Gasteiger partial charge >= 0.3 is 0 Å². The standard InChI is InChI=1S/C21H24ClNO2/c1-21(2,3)17-8-6-16(7-9-17)19(24)12-13-20(25)23-14-15-4-10-18(22)11-5-15/h4-11H,12-14H2,1-3H3,(H,23,25). The number of carbonyl (C=O) groups excluding carboxylic acids is 2. The summed E-state index contributed by atoms with van der Waals surface area (Å²) in [6, 6.07) is 14.9. The molecule has 0 radical (unpaired) electrons. The van der Waals surface area contributed by atoms with Crippen molar-refractivity contribution >= 4 is 23.3 Å². The van der Waals surface area contributed by atoms with Crippen LogP contribution in [0.4, 0.5) is 0 Å². The Balaban J connectivity index is 1.80. The molecule has 0 saturated carbocycles. The minimum absolute atomic E-state index is 0.0119. The van der Waals surface area contributed by atoms with Crippen molar-refractivity contribution in [3.8, 4) is 0 Å². The molecule has 0 aliphatic rings. The maximum absolute atomic E-state index is 12.2. The summed E-state index contributed by atoms with van der Waals surface area (Å²) in [5.41, 5.74) is 2.87. The summed E-state index contributed by atoms with van der Waals surface area (Å²) in [4.78, 5) is 24.1. The predicted octanol–water partition coefficient (Wildman–Crippen LogP) is 4.92. The van der Waals surface area contributed by atoms with Gasteiger partial charge in [0.05, 0.1) is 0 Å². The van der Waals surface area contributed by atoms with Crippen LogP contribution >= 0.6 is 11.6 Å². The van der Waals surface area contributed by atoms with Crippen molar-refractivity contribution in [3.63, 3.8) is 0 Å². The fourth-order valence-electron chi connectivity index (χ4n) is 2.42. The van der Waals surface area contributed by atoms with E-state index in [2.05, 4.69) is 26.1 Å². The summed E-state index contributed by atoms with van der Waals surface area (Å²) < 4.78 is 0. The van der Waals surface area contributed by atoms with Crippen molar-refractivity contribution in [2.75, 3.05) is 0 Å². The maximum atomic E-state index is 12.2. The number of carbonyl (C=O) groups is 2. The van der Waals surface area contributed by atoms with Crippen LogP contribution in [0.5, 0.6) is 0 Å². The smallest absolute Gasteiger partial charge is 0.220 e. The number of nitrogens with one attached hydrogen (secondary N) is 1. The van der Waals surface area contributed by atoms with Crippen LogP contribution in [0.1, 0.15) is 55.1 Å². The highest BCUT2D eigenvalue weighted by molar-refractivity contribution is 6.30. The van der Waals surface area contributed by atoms with E-state index in [9.17, 15) is 9.59 Å². The van der Waals surface area contributed by atoms with Gasteiger partial charge in [0, 0.05) is 30.0 Å². The molecule has 2 aromatic rings. The van der Waals surface area contributed by atoms with Gasteiger partial charge in [-0.25, -0.2) is 0 Å². The number of amides is 1. The van der Waals surface area contributed by atoms with Gasteiger partial charge in [-0.1, -0.05) is 68.8 Å². The van der Waals surface area contributed by atoms with Crippen LogP contribution < -0.4 is 5.32 Å². The summed E-state index contributed by atoms with van der Waals surface area (Å²) >= 11 is 5.83. The fourth-order valence-corrected chi connectivity index (χ4v) is 2.54. The first-order valence-corrected chi connectivity index (χ1v) is 8.78. The highest BCUT2D eigenvalue weighted by atomic mass is 35.5. The quantitative estimate of drug-likeness (QED) is 0.746. The molecule has 1 amide bonds. The second kappa shape index (κ2) is 8.30. The Bertz CT molecular complexity index is 728. The van der Waals surface area contributed by atoms with Crippen LogP contribution in [-0.2, 0) is 16.8 Å². The number of hydrogen-bond acceptors (Lipinski definition) is 2. The van der Waals surface area contributed by atoms with Crippen molar-refractivity contribution in [1.82, 2.24) is 5.32 Å². The van der Waals surface area contributed by atoms with E-state index in [1.165, 1.54) is 5.56 Å². The van der Waals surface area contributed by atoms with Crippen molar-refractivity contribution < 1.29 is 9.59 Å². The fraction of sp³-hybridized carbons (Fsp3) is 0.333. The van der Waals surface area contributed by atoms with Gasteiger partial charge in [-0.15, -0.1) is 0 Å². The van der Waals surface area contributed by atoms with Crippen LogP contribution in [0.3, 0.4) is 0 Å². The molecule has 0 atom stereocenters. The van der Waals surface area contributed by atoms with Gasteiger partial charge in [0.15, 0.2) is 5.78 Å². The third kappa shape index (κ3) is 6.02. The molecule has 2 rings (SSSR count). The van der Waals surface area contributed by atoms with Gasteiger partial charge in [0.25, 0.3) is 0 Å². The zero-order valence-electron chi connectivity index (χ0n) is 14.9. The molecule has 25 heavy (non-hydrogen) atoms. The Kier molecular flexibility index (Phi) is 6.38. The van der Waals surface area contributed by atoms with E-state index in [1.807, 2.05) is 36.4 Å². The van der Waals surface area contributed by atoms with Crippen LogP contribution in [0, 0.1) is 0 Å². The maximum Gasteiger partial charge on any atom is 0.220 e. The molecule has 0 aliphatic carbocycles. The van der Waals surface area contributed by atoms with Crippen molar-refractivity contribution in [2.24, 2.45) is 0 Å². The third-order valence-corrected chi connectivity index (χ3v) is 4.31. The Morgan fingerprint density at radius 2 is 1.52 bits per heavy atom. The van der Waals surface area contributed by atoms with Gasteiger partial charge in [0.1, 0.15) is 0 Å². The Morgan fingerprint density at radius 1 is 0.920 bits per heavy atom. The summed E-state index contributed by atoms with van der Waals surface area (Å²) in [6.45, 7) is 6.84. The lowest BCUT2D eigenvalue weighted by Gasteiger charge is -2.18. The number of benzene rings is 2. The summed E-state index contributed by atoms with van der Waals surface area (Å²) in [7, 11) is 0. The van der Waals surface area contributed by atoms with Gasteiger partial charge in [-0.3, -0.25) is 9.59 Å². The SMILES string of the molecule is CC(C)(C)c1ccc(C(=O)CCC(=O)NCc2ccc(Cl)cc2)cc1. The van der Waals surface area contributed by atoms with Crippen molar-refractivity contribution in [3.05, 3.63) is 70.2 Å². The van der Waals surface area contributed by atoms with Crippen LogP contribution in [0.15, 0.2) is 48.5 Å². The molecule has 0 fully saturated rings. The second-order valence-corrected chi connectivity index (χ2v) is 7.59. The van der Waals surface area contributed by atoms with Gasteiger partial charge in [0.2, 0.25) is 5.91 Å². The molecule has 0 aromatic heterocycles. The highest BCUT2D eigenvalue weighted by Crippen LogP contribution is 2.22. The molecule has 132 valence electrons. The number of Topliss-reactive ketones (excluding diaryl/α,β-unsaturated/α-hetero) is 1. The van der Waals surface area contributed by atoms with E-state index in [1.54, 1.807) is 12.1 Å². The Labute approximate surface area is 154 Å². The summed E-state index contributed by atoms with van der Waals surface area (Å²) in [5.74, 6) is -0.142. The van der Waals surface area contributed by atoms with Crippen LogP contribution in [0.25, 0.3) is 0 Å². The number of rotatable bonds is 6. The summed E-state index contributed by atoms with van der Waals surface area (Å²) in [6.07, 6.45) is 0.398. The minimum atomic E-state index is -0.130. The average molecular weight is 358 g/mol. The van der Waals surface area contributed by atoms with E-state index in [4.69, 9.17) is 11.6 Å². The number of ketones is 1. The molecule has 0 bridgehead atoms. The van der Waals surface area contributed by atoms with E-state index in [0.717, 1.165) is 5.56 Å². The lowest BCUT2D eigenvalue weighted by molar-refractivity contribution is -0.121. The van der Waals surface area contributed by atoms with Gasteiger partial charge in [-0.2, -0.15) is 0 Å². The van der Waals surface area contributed by atoms with E-state index >= 15 is 0 Å². The third-order valence-electron chi connectivity index (χ3n) is 4.05. The largest absolute Gasteiger partial charge is 0.352 e. The Hall–Kier alpha value is -2.13. The molecule has 0 saturated heterocycles. The molecule has 0 heterocycles. The zero-order valence-corrected chi connectivity index (χ0v) is 15.7. The molecular formula is C21H24ClNO2. The van der Waals surface area contributed by atoms with Crippen molar-refractivity contribution in [1.29, 1.82) is 0 Å². The second-order valence-electron chi connectivity index (χ2n) is 7.15. The summed E-state index contributed by atoms with van der Waals surface area (Å²) in [5, 5.41) is 3.48. The van der Waals surface area contributed by atoms with Gasteiger partial charge < -0.3 is 5.32 Å². The van der Waals surface area contributed by atoms with Gasteiger partial charge in [-0.05, 0) is 28.7 Å². The first-order valence-electron chi connectivity index (χ1n) is 8.40. The normalized spacial score (nSPS) is 11.2. The lowest BCUT2D eigenvalue weighted by Crippen LogP contribution is -2.23. The Morgan fingerprint density at radius 3 is 2.08 bits per heavy atom. The molecule has 2 aromatic carbocycles. The molecule has 0 aliphatic heterocycles. The minimum Gasteiger partial charge on any atom is -0.352 e. The van der Waals surface area contributed by atoms with E-state index in [-0.39, 0.29) is 29.9 Å². The average Bonchev–Trinajstić information content (AvgIpc) is 2.58. The molecule has 1 N–H and O–H groups in total. The number of halogens is 1. The number of hydrogen-bond donors (Lipinski definition) is 1. The first kappa shape index (κ1) is 19.2.